The maximum absolute atomic E-state index is 14.1. The molecule has 0 unspecified atom stereocenters. The van der Waals surface area contributed by atoms with Gasteiger partial charge in [0.15, 0.2) is 17.3 Å². The molecule has 1 aromatic heterocycles. The van der Waals surface area contributed by atoms with Gasteiger partial charge >= 0.3 is 0 Å². The number of carbonyl (C=O) groups excluding carboxylic acids is 1. The van der Waals surface area contributed by atoms with Crippen LogP contribution in [0.1, 0.15) is 47.3 Å². The summed E-state index contributed by atoms with van der Waals surface area (Å²) in [5.41, 5.74) is 2.64. The third-order valence-corrected chi connectivity index (χ3v) is 4.39. The second-order valence-electron chi connectivity index (χ2n) is 6.20. The van der Waals surface area contributed by atoms with Gasteiger partial charge in [0.1, 0.15) is 0 Å². The summed E-state index contributed by atoms with van der Waals surface area (Å²) in [6.07, 6.45) is 0.942. The Kier molecular flexibility index (Phi) is 5.03. The SMILES string of the molecule is COc1cccc(CCNC(=O)c2n[nH]c3c2C[C@H](C)O[C@@H]3C)c1F. The first-order valence-electron chi connectivity index (χ1n) is 8.33. The van der Waals surface area contributed by atoms with Crippen LogP contribution in [0.15, 0.2) is 18.2 Å². The zero-order valence-electron chi connectivity index (χ0n) is 14.6. The van der Waals surface area contributed by atoms with Gasteiger partial charge in [0, 0.05) is 18.5 Å². The second kappa shape index (κ2) is 7.23. The normalized spacial score (nSPS) is 19.4. The van der Waals surface area contributed by atoms with Gasteiger partial charge < -0.3 is 14.8 Å². The summed E-state index contributed by atoms with van der Waals surface area (Å²) in [7, 11) is 1.43. The fourth-order valence-corrected chi connectivity index (χ4v) is 3.16. The summed E-state index contributed by atoms with van der Waals surface area (Å²) in [4.78, 5) is 12.4. The Hall–Kier alpha value is -2.41. The van der Waals surface area contributed by atoms with E-state index in [-0.39, 0.29) is 23.9 Å². The number of nitrogens with zero attached hydrogens (tertiary/aromatic N) is 1. The van der Waals surface area contributed by atoms with E-state index >= 15 is 0 Å². The van der Waals surface area contributed by atoms with Crippen molar-refractivity contribution >= 4 is 5.91 Å². The molecule has 1 aliphatic heterocycles. The zero-order chi connectivity index (χ0) is 18.0. The van der Waals surface area contributed by atoms with Crippen molar-refractivity contribution < 1.29 is 18.7 Å². The number of amides is 1. The number of aromatic nitrogens is 2. The molecular weight excluding hydrogens is 325 g/mol. The number of methoxy groups -OCH3 is 1. The van der Waals surface area contributed by atoms with Crippen LogP contribution in [-0.4, -0.2) is 35.9 Å². The molecule has 1 aliphatic rings. The first-order chi connectivity index (χ1) is 12.0. The van der Waals surface area contributed by atoms with Crippen molar-refractivity contribution in [2.75, 3.05) is 13.7 Å². The average Bonchev–Trinajstić information content (AvgIpc) is 3.00. The Morgan fingerprint density at radius 2 is 2.28 bits per heavy atom. The molecular formula is C18H22FN3O3. The minimum atomic E-state index is -0.392. The highest BCUT2D eigenvalue weighted by molar-refractivity contribution is 5.94. The molecule has 134 valence electrons. The molecule has 0 spiro atoms. The van der Waals surface area contributed by atoms with E-state index in [1.807, 2.05) is 13.8 Å². The van der Waals surface area contributed by atoms with Crippen LogP contribution in [0.25, 0.3) is 0 Å². The van der Waals surface area contributed by atoms with Crippen LogP contribution in [0.3, 0.4) is 0 Å². The molecule has 2 heterocycles. The molecule has 0 aliphatic carbocycles. The van der Waals surface area contributed by atoms with E-state index in [0.717, 1.165) is 11.3 Å². The summed E-state index contributed by atoms with van der Waals surface area (Å²) in [5, 5.41) is 9.85. The number of hydrogen-bond donors (Lipinski definition) is 2. The standard InChI is InChI=1S/C18H22FN3O3/c1-10-9-13-16(11(2)25-10)21-22-17(13)18(23)20-8-7-12-5-4-6-14(24-3)15(12)19/h4-6,10-11H,7-9H2,1-3H3,(H,20,23)(H,21,22)/t10-,11+/m0/s1. The number of aromatic amines is 1. The monoisotopic (exact) mass is 347 g/mol. The highest BCUT2D eigenvalue weighted by Gasteiger charge is 2.29. The number of H-pyrrole nitrogens is 1. The minimum absolute atomic E-state index is 0.0394. The maximum Gasteiger partial charge on any atom is 0.272 e. The van der Waals surface area contributed by atoms with Gasteiger partial charge in [0.25, 0.3) is 5.91 Å². The van der Waals surface area contributed by atoms with E-state index < -0.39 is 5.82 Å². The predicted molar refractivity (Wildman–Crippen MR) is 90.2 cm³/mol. The lowest BCUT2D eigenvalue weighted by Gasteiger charge is -2.25. The van der Waals surface area contributed by atoms with Crippen molar-refractivity contribution in [3.63, 3.8) is 0 Å². The lowest BCUT2D eigenvalue weighted by molar-refractivity contribution is -0.00697. The van der Waals surface area contributed by atoms with Crippen LogP contribution in [0.2, 0.25) is 0 Å². The number of halogens is 1. The molecule has 1 aromatic carbocycles. The van der Waals surface area contributed by atoms with E-state index in [4.69, 9.17) is 9.47 Å². The Morgan fingerprint density at radius 1 is 1.48 bits per heavy atom. The largest absolute Gasteiger partial charge is 0.494 e. The van der Waals surface area contributed by atoms with E-state index in [9.17, 15) is 9.18 Å². The van der Waals surface area contributed by atoms with Crippen molar-refractivity contribution in [1.82, 2.24) is 15.5 Å². The fourth-order valence-electron chi connectivity index (χ4n) is 3.16. The van der Waals surface area contributed by atoms with E-state index in [1.165, 1.54) is 7.11 Å². The van der Waals surface area contributed by atoms with E-state index in [1.54, 1.807) is 18.2 Å². The van der Waals surface area contributed by atoms with E-state index in [0.29, 0.717) is 30.6 Å². The highest BCUT2D eigenvalue weighted by Crippen LogP contribution is 2.30. The number of fused-ring (bicyclic) bond motifs is 1. The van der Waals surface area contributed by atoms with Gasteiger partial charge in [-0.15, -0.1) is 0 Å². The Labute approximate surface area is 145 Å². The Morgan fingerprint density at radius 3 is 3.04 bits per heavy atom. The average molecular weight is 347 g/mol. The van der Waals surface area contributed by atoms with Crippen molar-refractivity contribution in [3.05, 3.63) is 46.5 Å². The molecule has 6 nitrogen and oxygen atoms in total. The van der Waals surface area contributed by atoms with Gasteiger partial charge in [-0.05, 0) is 31.9 Å². The van der Waals surface area contributed by atoms with E-state index in [2.05, 4.69) is 15.5 Å². The first kappa shape index (κ1) is 17.4. The smallest absolute Gasteiger partial charge is 0.272 e. The lowest BCUT2D eigenvalue weighted by atomic mass is 9.99. The van der Waals surface area contributed by atoms with Crippen molar-refractivity contribution in [2.45, 2.75) is 38.9 Å². The van der Waals surface area contributed by atoms with Gasteiger partial charge in [-0.3, -0.25) is 9.89 Å². The maximum atomic E-state index is 14.1. The van der Waals surface area contributed by atoms with Crippen molar-refractivity contribution in [1.29, 1.82) is 0 Å². The quantitative estimate of drug-likeness (QED) is 0.871. The van der Waals surface area contributed by atoms with Crippen molar-refractivity contribution in [2.24, 2.45) is 0 Å². The number of carbonyl (C=O) groups is 1. The number of hydrogen-bond acceptors (Lipinski definition) is 4. The molecule has 7 heteroatoms. The van der Waals surface area contributed by atoms with Gasteiger partial charge in [0.05, 0.1) is 25.0 Å². The predicted octanol–water partition coefficient (Wildman–Crippen LogP) is 2.55. The van der Waals surface area contributed by atoms with Crippen LogP contribution in [-0.2, 0) is 17.6 Å². The number of nitrogens with one attached hydrogen (secondary N) is 2. The molecule has 0 saturated carbocycles. The van der Waals surface area contributed by atoms with Crippen LogP contribution >= 0.6 is 0 Å². The summed E-state index contributed by atoms with van der Waals surface area (Å²) in [6, 6.07) is 4.98. The Balaban J connectivity index is 1.65. The van der Waals surface area contributed by atoms with Gasteiger partial charge in [-0.25, -0.2) is 4.39 Å². The molecule has 3 rings (SSSR count). The van der Waals surface area contributed by atoms with Crippen LogP contribution in [0.5, 0.6) is 5.75 Å². The summed E-state index contributed by atoms with van der Waals surface area (Å²) < 4.78 is 24.8. The fraction of sp³-hybridized carbons (Fsp3) is 0.444. The molecule has 1 amide bonds. The van der Waals surface area contributed by atoms with Crippen LogP contribution in [0.4, 0.5) is 4.39 Å². The van der Waals surface area contributed by atoms with Crippen molar-refractivity contribution in [3.8, 4) is 5.75 Å². The summed E-state index contributed by atoms with van der Waals surface area (Å²) in [5.74, 6) is -0.452. The Bertz CT molecular complexity index is 775. The second-order valence-corrected chi connectivity index (χ2v) is 6.20. The molecule has 0 saturated heterocycles. The summed E-state index contributed by atoms with van der Waals surface area (Å²) in [6.45, 7) is 4.21. The van der Waals surface area contributed by atoms with Gasteiger partial charge in [0.2, 0.25) is 0 Å². The third kappa shape index (κ3) is 3.51. The third-order valence-electron chi connectivity index (χ3n) is 4.39. The number of rotatable bonds is 5. The molecule has 0 fully saturated rings. The summed E-state index contributed by atoms with van der Waals surface area (Å²) >= 11 is 0. The first-order valence-corrected chi connectivity index (χ1v) is 8.33. The zero-order valence-corrected chi connectivity index (χ0v) is 14.6. The van der Waals surface area contributed by atoms with Crippen LogP contribution < -0.4 is 10.1 Å². The lowest BCUT2D eigenvalue weighted by Crippen LogP contribution is -2.29. The molecule has 25 heavy (non-hydrogen) atoms. The van der Waals surface area contributed by atoms with Gasteiger partial charge in [-0.2, -0.15) is 5.10 Å². The highest BCUT2D eigenvalue weighted by atomic mass is 19.1. The number of benzene rings is 1. The minimum Gasteiger partial charge on any atom is -0.494 e. The topological polar surface area (TPSA) is 76.2 Å². The molecule has 0 bridgehead atoms. The molecule has 2 aromatic rings. The van der Waals surface area contributed by atoms with Gasteiger partial charge in [-0.1, -0.05) is 12.1 Å². The molecule has 2 N–H and O–H groups in total. The molecule has 2 atom stereocenters. The molecule has 0 radical (unpaired) electrons. The van der Waals surface area contributed by atoms with Crippen LogP contribution in [0, 0.1) is 5.82 Å². The number of ether oxygens (including phenoxy) is 2.